The van der Waals surface area contributed by atoms with Gasteiger partial charge in [-0.3, -0.25) is 0 Å². The molecule has 16 heavy (non-hydrogen) atoms. The van der Waals surface area contributed by atoms with Crippen molar-refractivity contribution >= 4 is 7.92 Å². The highest BCUT2D eigenvalue weighted by molar-refractivity contribution is 7.61. The van der Waals surface area contributed by atoms with Crippen LogP contribution in [0.1, 0.15) is 48.5 Å². The molecule has 0 nitrogen and oxygen atoms in total. The maximum atomic E-state index is 2.44. The van der Waals surface area contributed by atoms with E-state index in [1.165, 1.54) is 0 Å². The maximum absolute atomic E-state index is 2.44. The van der Waals surface area contributed by atoms with Crippen LogP contribution in [0.2, 0.25) is 0 Å². The summed E-state index contributed by atoms with van der Waals surface area (Å²) < 4.78 is 0. The van der Waals surface area contributed by atoms with Gasteiger partial charge < -0.3 is 0 Å². The van der Waals surface area contributed by atoms with Gasteiger partial charge in [-0.2, -0.15) is 0 Å². The summed E-state index contributed by atoms with van der Waals surface area (Å²) in [4.78, 5) is 0. The van der Waals surface area contributed by atoms with E-state index >= 15 is 0 Å². The predicted molar refractivity (Wildman–Crippen MR) is 77.7 cm³/mol. The summed E-state index contributed by atoms with van der Waals surface area (Å²) in [6, 6.07) is 0. The monoisotopic (exact) mass is 238 g/mol. The van der Waals surface area contributed by atoms with Crippen LogP contribution in [0.3, 0.4) is 0 Å². The average molecular weight is 238 g/mol. The number of hydrogen-bond acceptors (Lipinski definition) is 0. The molecule has 0 aliphatic heterocycles. The van der Waals surface area contributed by atoms with Crippen LogP contribution in [0.15, 0.2) is 24.3 Å². The number of hydrogen-bond donors (Lipinski definition) is 0. The molecule has 0 aromatic carbocycles. The summed E-state index contributed by atoms with van der Waals surface area (Å²) in [5.74, 6) is 0.657. The molecule has 1 aliphatic carbocycles. The summed E-state index contributed by atoms with van der Waals surface area (Å²) in [6.45, 7) is 16.9. The first-order valence-corrected chi connectivity index (χ1v) is 7.69. The molecule has 1 rings (SSSR count). The van der Waals surface area contributed by atoms with Crippen LogP contribution in [0.4, 0.5) is 0 Å². The van der Waals surface area contributed by atoms with E-state index in [-0.39, 0.29) is 7.92 Å². The second-order valence-electron chi connectivity index (χ2n) is 6.80. The number of allylic oxidation sites excluding steroid dienone is 4. The minimum Gasteiger partial charge on any atom is -0.0918 e. The SMILES string of the molecule is CC(C1C=CC=C1)P(C(C)(C)C)C(C)(C)C. The van der Waals surface area contributed by atoms with E-state index in [1.54, 1.807) is 0 Å². The summed E-state index contributed by atoms with van der Waals surface area (Å²) in [5.41, 5.74) is 0.769. The van der Waals surface area contributed by atoms with Gasteiger partial charge in [-0.05, 0) is 16.0 Å². The van der Waals surface area contributed by atoms with Crippen LogP contribution in [-0.4, -0.2) is 16.0 Å². The van der Waals surface area contributed by atoms with Gasteiger partial charge in [-0.1, -0.05) is 80.7 Å². The molecule has 1 unspecified atom stereocenters. The van der Waals surface area contributed by atoms with Crippen molar-refractivity contribution in [3.63, 3.8) is 0 Å². The predicted octanol–water partition coefficient (Wildman–Crippen LogP) is 5.20. The Kier molecular flexibility index (Phi) is 4.06. The average Bonchev–Trinajstić information content (AvgIpc) is 2.48. The van der Waals surface area contributed by atoms with Crippen LogP contribution in [0.25, 0.3) is 0 Å². The fourth-order valence-corrected chi connectivity index (χ4v) is 8.17. The minimum absolute atomic E-state index is 0.0175. The quantitative estimate of drug-likeness (QED) is 0.580. The summed E-state index contributed by atoms with van der Waals surface area (Å²) in [5, 5.41) is 0.856. The minimum atomic E-state index is -0.0175. The Balaban J connectivity index is 2.93. The molecule has 1 atom stereocenters. The zero-order chi connectivity index (χ0) is 12.6. The van der Waals surface area contributed by atoms with Gasteiger partial charge in [0.2, 0.25) is 0 Å². The zero-order valence-corrected chi connectivity index (χ0v) is 12.8. The lowest BCUT2D eigenvalue weighted by Gasteiger charge is -2.46. The highest BCUT2D eigenvalue weighted by Crippen LogP contribution is 2.64. The van der Waals surface area contributed by atoms with Gasteiger partial charge in [0.05, 0.1) is 0 Å². The van der Waals surface area contributed by atoms with E-state index in [2.05, 4.69) is 72.8 Å². The van der Waals surface area contributed by atoms with E-state index in [0.717, 1.165) is 5.66 Å². The molecule has 0 heterocycles. The molecule has 0 bridgehead atoms. The molecule has 0 N–H and O–H groups in total. The molecule has 0 aromatic rings. The molecular weight excluding hydrogens is 211 g/mol. The largest absolute Gasteiger partial charge is 0.0918 e. The lowest BCUT2D eigenvalue weighted by molar-refractivity contribution is 0.661. The van der Waals surface area contributed by atoms with Crippen molar-refractivity contribution in [1.82, 2.24) is 0 Å². The first-order chi connectivity index (χ1) is 7.14. The van der Waals surface area contributed by atoms with Crippen LogP contribution in [-0.2, 0) is 0 Å². The first kappa shape index (κ1) is 14.0. The molecule has 0 saturated carbocycles. The third-order valence-corrected chi connectivity index (χ3v) is 7.24. The van der Waals surface area contributed by atoms with Crippen molar-refractivity contribution in [3.05, 3.63) is 24.3 Å². The summed E-state index contributed by atoms with van der Waals surface area (Å²) in [7, 11) is -0.0175. The van der Waals surface area contributed by atoms with Gasteiger partial charge in [0.1, 0.15) is 0 Å². The Hall–Kier alpha value is -0.0900. The van der Waals surface area contributed by atoms with Gasteiger partial charge in [0, 0.05) is 5.92 Å². The Bertz CT molecular complexity index is 260. The number of rotatable bonds is 2. The molecule has 0 spiro atoms. The highest BCUT2D eigenvalue weighted by atomic mass is 31.1. The molecule has 0 fully saturated rings. The van der Waals surface area contributed by atoms with E-state index in [0.29, 0.717) is 16.2 Å². The second-order valence-corrected chi connectivity index (χ2v) is 11.0. The Morgan fingerprint density at radius 3 is 1.56 bits per heavy atom. The lowest BCUT2D eigenvalue weighted by Crippen LogP contribution is -2.32. The Morgan fingerprint density at radius 1 is 0.875 bits per heavy atom. The summed E-state index contributed by atoms with van der Waals surface area (Å²) >= 11 is 0. The Morgan fingerprint density at radius 2 is 1.25 bits per heavy atom. The van der Waals surface area contributed by atoms with Gasteiger partial charge in [0.15, 0.2) is 0 Å². The molecule has 0 saturated heterocycles. The van der Waals surface area contributed by atoms with Gasteiger partial charge in [-0.15, -0.1) is 0 Å². The highest BCUT2D eigenvalue weighted by Gasteiger charge is 2.39. The van der Waals surface area contributed by atoms with Crippen LogP contribution in [0, 0.1) is 5.92 Å². The third-order valence-electron chi connectivity index (χ3n) is 3.19. The Labute approximate surface area is 103 Å². The molecular formula is C15H27P. The second kappa shape index (κ2) is 4.65. The third kappa shape index (κ3) is 3.20. The maximum Gasteiger partial charge on any atom is 0.00181 e. The molecule has 0 radical (unpaired) electrons. The van der Waals surface area contributed by atoms with Gasteiger partial charge >= 0.3 is 0 Å². The van der Waals surface area contributed by atoms with Crippen LogP contribution < -0.4 is 0 Å². The lowest BCUT2D eigenvalue weighted by atomic mass is 10.1. The van der Waals surface area contributed by atoms with E-state index < -0.39 is 0 Å². The fraction of sp³-hybridized carbons (Fsp3) is 0.733. The molecule has 1 aliphatic rings. The van der Waals surface area contributed by atoms with E-state index in [4.69, 9.17) is 0 Å². The molecule has 0 aromatic heterocycles. The molecule has 1 heteroatoms. The van der Waals surface area contributed by atoms with Crippen molar-refractivity contribution in [3.8, 4) is 0 Å². The van der Waals surface area contributed by atoms with Gasteiger partial charge in [-0.25, -0.2) is 0 Å². The van der Waals surface area contributed by atoms with E-state index in [1.807, 2.05) is 0 Å². The topological polar surface area (TPSA) is 0 Å². The standard InChI is InChI=1S/C15H27P/c1-12(13-10-8-9-11-13)16(14(2,3)4)15(5,6)7/h8-13H,1-7H3. The summed E-state index contributed by atoms with van der Waals surface area (Å²) in [6.07, 6.45) is 9.11. The normalized spacial score (nSPS) is 19.8. The zero-order valence-electron chi connectivity index (χ0n) is 11.9. The van der Waals surface area contributed by atoms with Crippen LogP contribution in [0.5, 0.6) is 0 Å². The van der Waals surface area contributed by atoms with Crippen LogP contribution >= 0.6 is 7.92 Å². The van der Waals surface area contributed by atoms with E-state index in [9.17, 15) is 0 Å². The smallest absolute Gasteiger partial charge is 0.00181 e. The fourth-order valence-electron chi connectivity index (χ4n) is 3.17. The first-order valence-electron chi connectivity index (χ1n) is 6.28. The van der Waals surface area contributed by atoms with Crippen molar-refractivity contribution in [1.29, 1.82) is 0 Å². The van der Waals surface area contributed by atoms with Crippen molar-refractivity contribution < 1.29 is 0 Å². The molecule has 0 amide bonds. The van der Waals surface area contributed by atoms with Crippen molar-refractivity contribution in [2.24, 2.45) is 5.92 Å². The van der Waals surface area contributed by atoms with Crippen molar-refractivity contribution in [2.45, 2.75) is 64.4 Å². The molecule has 92 valence electrons. The van der Waals surface area contributed by atoms with Crippen molar-refractivity contribution in [2.75, 3.05) is 0 Å². The van der Waals surface area contributed by atoms with Gasteiger partial charge in [0.25, 0.3) is 0 Å².